The van der Waals surface area contributed by atoms with Crippen LogP contribution in [-0.2, 0) is 12.4 Å². The minimum absolute atomic E-state index is 0.465. The number of hydrogen-bond acceptors (Lipinski definition) is 2. The first kappa shape index (κ1) is 9.97. The van der Waals surface area contributed by atoms with E-state index in [9.17, 15) is 0 Å². The smallest absolute Gasteiger partial charge is 0.147 e. The van der Waals surface area contributed by atoms with Crippen LogP contribution in [0.4, 0.5) is 0 Å². The fraction of sp³-hybridized carbons (Fsp3) is 0.800. The first-order valence-electron chi connectivity index (χ1n) is 5.20. The number of alkyl halides is 1. The van der Waals surface area contributed by atoms with Gasteiger partial charge in [0.05, 0.1) is 5.88 Å². The lowest BCUT2D eigenvalue weighted by Crippen LogP contribution is -2.10. The van der Waals surface area contributed by atoms with Gasteiger partial charge in [0.1, 0.15) is 11.6 Å². The van der Waals surface area contributed by atoms with Crippen molar-refractivity contribution in [2.75, 3.05) is 0 Å². The van der Waals surface area contributed by atoms with Crippen molar-refractivity contribution in [1.82, 2.24) is 14.8 Å². The summed E-state index contributed by atoms with van der Waals surface area (Å²) >= 11 is 5.83. The molecule has 0 spiro atoms. The van der Waals surface area contributed by atoms with E-state index >= 15 is 0 Å². The fourth-order valence-corrected chi connectivity index (χ4v) is 1.85. The van der Waals surface area contributed by atoms with Crippen LogP contribution in [0.1, 0.15) is 44.3 Å². The molecule has 2 rings (SSSR count). The Morgan fingerprint density at radius 3 is 2.64 bits per heavy atom. The lowest BCUT2D eigenvalue weighted by Gasteiger charge is -2.10. The van der Waals surface area contributed by atoms with Gasteiger partial charge in [0.25, 0.3) is 0 Å². The van der Waals surface area contributed by atoms with Gasteiger partial charge in [-0.3, -0.25) is 0 Å². The van der Waals surface area contributed by atoms with Crippen molar-refractivity contribution in [3.05, 3.63) is 11.6 Å². The number of aromatic nitrogens is 3. The Balaban J connectivity index is 2.25. The van der Waals surface area contributed by atoms with E-state index in [0.717, 1.165) is 18.2 Å². The number of nitrogens with zero attached hydrogens (tertiary/aromatic N) is 3. The van der Waals surface area contributed by atoms with Crippen molar-refractivity contribution >= 4 is 11.6 Å². The molecule has 1 aromatic rings. The first-order chi connectivity index (χ1) is 6.72. The van der Waals surface area contributed by atoms with Gasteiger partial charge >= 0.3 is 0 Å². The summed E-state index contributed by atoms with van der Waals surface area (Å²) in [6.45, 7) is 5.39. The quantitative estimate of drug-likeness (QED) is 0.720. The summed E-state index contributed by atoms with van der Waals surface area (Å²) in [7, 11) is 0. The van der Waals surface area contributed by atoms with Gasteiger partial charge < -0.3 is 4.57 Å². The van der Waals surface area contributed by atoms with Crippen LogP contribution in [0, 0.1) is 5.92 Å². The third kappa shape index (κ3) is 1.92. The minimum Gasteiger partial charge on any atom is -0.313 e. The maximum Gasteiger partial charge on any atom is 0.147 e. The largest absolute Gasteiger partial charge is 0.313 e. The highest BCUT2D eigenvalue weighted by atomic mass is 35.5. The van der Waals surface area contributed by atoms with E-state index in [1.807, 2.05) is 0 Å². The summed E-state index contributed by atoms with van der Waals surface area (Å²) in [5.41, 5.74) is 0. The SMILES string of the molecule is CC(C)Cn1c(CCl)nnc1C1CC1. The van der Waals surface area contributed by atoms with Crippen LogP contribution in [0.2, 0.25) is 0 Å². The molecule has 0 radical (unpaired) electrons. The molecule has 0 unspecified atom stereocenters. The van der Waals surface area contributed by atoms with Gasteiger partial charge in [-0.25, -0.2) is 0 Å². The Hall–Kier alpha value is -0.570. The predicted octanol–water partition coefficient (Wildman–Crippen LogP) is 2.55. The van der Waals surface area contributed by atoms with Gasteiger partial charge in [-0.2, -0.15) is 0 Å². The summed E-state index contributed by atoms with van der Waals surface area (Å²) < 4.78 is 2.20. The summed E-state index contributed by atoms with van der Waals surface area (Å²) in [4.78, 5) is 0. The maximum atomic E-state index is 5.83. The molecule has 1 aromatic heterocycles. The van der Waals surface area contributed by atoms with Crippen molar-refractivity contribution in [1.29, 1.82) is 0 Å². The summed E-state index contributed by atoms with van der Waals surface area (Å²) in [5, 5.41) is 8.36. The second-order valence-electron chi connectivity index (χ2n) is 4.39. The lowest BCUT2D eigenvalue weighted by atomic mass is 10.2. The van der Waals surface area contributed by atoms with E-state index in [0.29, 0.717) is 17.7 Å². The van der Waals surface area contributed by atoms with Gasteiger partial charge in [0.2, 0.25) is 0 Å². The first-order valence-corrected chi connectivity index (χ1v) is 5.73. The van der Waals surface area contributed by atoms with E-state index in [1.54, 1.807) is 0 Å². The van der Waals surface area contributed by atoms with Gasteiger partial charge in [-0.1, -0.05) is 13.8 Å². The number of hydrogen-bond donors (Lipinski definition) is 0. The highest BCUT2D eigenvalue weighted by Crippen LogP contribution is 2.39. The Morgan fingerprint density at radius 1 is 1.43 bits per heavy atom. The number of halogens is 1. The third-order valence-electron chi connectivity index (χ3n) is 2.47. The topological polar surface area (TPSA) is 30.7 Å². The van der Waals surface area contributed by atoms with Gasteiger partial charge in [0.15, 0.2) is 0 Å². The molecule has 4 heteroatoms. The van der Waals surface area contributed by atoms with Crippen molar-refractivity contribution in [2.24, 2.45) is 5.92 Å². The second kappa shape index (κ2) is 3.89. The van der Waals surface area contributed by atoms with E-state index < -0.39 is 0 Å². The normalized spacial score (nSPS) is 16.6. The van der Waals surface area contributed by atoms with E-state index in [2.05, 4.69) is 28.6 Å². The van der Waals surface area contributed by atoms with Crippen LogP contribution in [0.25, 0.3) is 0 Å². The molecule has 14 heavy (non-hydrogen) atoms. The van der Waals surface area contributed by atoms with Gasteiger partial charge in [0, 0.05) is 12.5 Å². The van der Waals surface area contributed by atoms with Gasteiger partial charge in [-0.05, 0) is 18.8 Å². The van der Waals surface area contributed by atoms with Crippen molar-refractivity contribution in [2.45, 2.75) is 45.0 Å². The molecular formula is C10H16ClN3. The highest BCUT2D eigenvalue weighted by molar-refractivity contribution is 6.16. The summed E-state index contributed by atoms with van der Waals surface area (Å²) in [6.07, 6.45) is 2.52. The Bertz CT molecular complexity index is 315. The number of rotatable bonds is 4. The standard InChI is InChI=1S/C10H16ClN3/c1-7(2)6-14-9(5-11)12-13-10(14)8-3-4-8/h7-8H,3-6H2,1-2H3. The van der Waals surface area contributed by atoms with Gasteiger partial charge in [-0.15, -0.1) is 21.8 Å². The van der Waals surface area contributed by atoms with E-state index in [4.69, 9.17) is 11.6 Å². The monoisotopic (exact) mass is 213 g/mol. The molecule has 0 amide bonds. The Labute approximate surface area is 89.5 Å². The zero-order valence-corrected chi connectivity index (χ0v) is 9.46. The molecule has 1 saturated carbocycles. The molecule has 1 fully saturated rings. The van der Waals surface area contributed by atoms with E-state index in [1.165, 1.54) is 12.8 Å². The van der Waals surface area contributed by atoms with Crippen molar-refractivity contribution in [3.8, 4) is 0 Å². The molecule has 0 N–H and O–H groups in total. The van der Waals surface area contributed by atoms with Crippen molar-refractivity contribution < 1.29 is 0 Å². The molecule has 78 valence electrons. The van der Waals surface area contributed by atoms with Crippen LogP contribution < -0.4 is 0 Å². The second-order valence-corrected chi connectivity index (χ2v) is 4.65. The predicted molar refractivity (Wildman–Crippen MR) is 56.4 cm³/mol. The molecule has 0 aromatic carbocycles. The third-order valence-corrected chi connectivity index (χ3v) is 2.70. The van der Waals surface area contributed by atoms with Crippen LogP contribution in [0.15, 0.2) is 0 Å². The van der Waals surface area contributed by atoms with Crippen LogP contribution in [0.3, 0.4) is 0 Å². The molecule has 0 aliphatic heterocycles. The average molecular weight is 214 g/mol. The zero-order valence-electron chi connectivity index (χ0n) is 8.70. The fourth-order valence-electron chi connectivity index (χ4n) is 1.66. The zero-order chi connectivity index (χ0) is 10.1. The van der Waals surface area contributed by atoms with Crippen molar-refractivity contribution in [3.63, 3.8) is 0 Å². The molecule has 0 bridgehead atoms. The van der Waals surface area contributed by atoms with Crippen LogP contribution in [-0.4, -0.2) is 14.8 Å². The van der Waals surface area contributed by atoms with Crippen LogP contribution >= 0.6 is 11.6 Å². The minimum atomic E-state index is 0.465. The molecule has 1 aliphatic carbocycles. The Kier molecular flexibility index (Phi) is 2.77. The summed E-state index contributed by atoms with van der Waals surface area (Å²) in [5.74, 6) is 3.80. The molecular weight excluding hydrogens is 198 g/mol. The molecule has 1 aliphatic rings. The summed E-state index contributed by atoms with van der Waals surface area (Å²) in [6, 6.07) is 0. The lowest BCUT2D eigenvalue weighted by molar-refractivity contribution is 0.497. The molecule has 0 atom stereocenters. The maximum absolute atomic E-state index is 5.83. The molecule has 3 nitrogen and oxygen atoms in total. The van der Waals surface area contributed by atoms with E-state index in [-0.39, 0.29) is 0 Å². The van der Waals surface area contributed by atoms with Crippen LogP contribution in [0.5, 0.6) is 0 Å². The average Bonchev–Trinajstić information content (AvgIpc) is 2.89. The molecule has 0 saturated heterocycles. The highest BCUT2D eigenvalue weighted by Gasteiger charge is 2.30. The molecule has 1 heterocycles. The Morgan fingerprint density at radius 2 is 2.14 bits per heavy atom.